The number of rotatable bonds is 2. The van der Waals surface area contributed by atoms with Crippen LogP contribution in [0, 0.1) is 12.3 Å². The molecule has 4 nitrogen and oxygen atoms in total. The summed E-state index contributed by atoms with van der Waals surface area (Å²) in [5.74, 6) is 2.44. The van der Waals surface area contributed by atoms with E-state index in [2.05, 4.69) is 21.1 Å². The summed E-state index contributed by atoms with van der Waals surface area (Å²) in [6.45, 7) is 1.67. The molecule has 1 heterocycles. The van der Waals surface area contributed by atoms with Crippen molar-refractivity contribution in [1.29, 1.82) is 0 Å². The average Bonchev–Trinajstić information content (AvgIpc) is 2.11. The molecule has 0 fully saturated rings. The van der Waals surface area contributed by atoms with Gasteiger partial charge < -0.3 is 4.74 Å². The van der Waals surface area contributed by atoms with Crippen LogP contribution in [0.25, 0.3) is 0 Å². The first-order valence-electron chi connectivity index (χ1n) is 3.32. The van der Waals surface area contributed by atoms with Crippen LogP contribution in [0.15, 0.2) is 0 Å². The van der Waals surface area contributed by atoms with Crippen molar-refractivity contribution in [2.45, 2.75) is 13.0 Å². The van der Waals surface area contributed by atoms with E-state index in [9.17, 15) is 0 Å². The van der Waals surface area contributed by atoms with E-state index < -0.39 is 6.10 Å². The first-order chi connectivity index (χ1) is 6.13. The standard InChI is InChI=1S/C7H5Cl2N3O/c1-3-4(2)13-6-5(8)11-12-7(9)10-6/h1,4H,2H3. The second-order valence-corrected chi connectivity index (χ2v) is 2.80. The zero-order valence-electron chi connectivity index (χ0n) is 6.66. The minimum atomic E-state index is -0.440. The summed E-state index contributed by atoms with van der Waals surface area (Å²) >= 11 is 11.1. The quantitative estimate of drug-likeness (QED) is 0.707. The Labute approximate surface area is 85.2 Å². The Morgan fingerprint density at radius 1 is 1.46 bits per heavy atom. The minimum absolute atomic E-state index is 0.0338. The SMILES string of the molecule is C#CC(C)Oc1nc(Cl)nnc1Cl. The minimum Gasteiger partial charge on any atom is -0.459 e. The van der Waals surface area contributed by atoms with E-state index in [1.54, 1.807) is 6.92 Å². The van der Waals surface area contributed by atoms with Crippen LogP contribution in [0.2, 0.25) is 10.4 Å². The Bertz CT molecular complexity index is 350. The van der Waals surface area contributed by atoms with Gasteiger partial charge in [0.1, 0.15) is 0 Å². The Kier molecular flexibility index (Phi) is 3.29. The van der Waals surface area contributed by atoms with Gasteiger partial charge in [-0.25, -0.2) is 0 Å². The molecule has 1 unspecified atom stereocenters. The van der Waals surface area contributed by atoms with Crippen molar-refractivity contribution in [2.75, 3.05) is 0 Å². The molecule has 13 heavy (non-hydrogen) atoms. The molecule has 0 aromatic carbocycles. The van der Waals surface area contributed by atoms with Crippen molar-refractivity contribution in [3.63, 3.8) is 0 Å². The fraction of sp³-hybridized carbons (Fsp3) is 0.286. The largest absolute Gasteiger partial charge is 0.459 e. The summed E-state index contributed by atoms with van der Waals surface area (Å²) in [7, 11) is 0. The van der Waals surface area contributed by atoms with E-state index >= 15 is 0 Å². The Morgan fingerprint density at radius 3 is 2.77 bits per heavy atom. The molecule has 0 bridgehead atoms. The van der Waals surface area contributed by atoms with Gasteiger partial charge in [0.2, 0.25) is 10.4 Å². The highest BCUT2D eigenvalue weighted by Gasteiger charge is 2.09. The lowest BCUT2D eigenvalue weighted by Crippen LogP contribution is -2.10. The number of aromatic nitrogens is 3. The maximum absolute atomic E-state index is 5.61. The van der Waals surface area contributed by atoms with Gasteiger partial charge in [-0.2, -0.15) is 4.98 Å². The number of hydrogen-bond acceptors (Lipinski definition) is 4. The smallest absolute Gasteiger partial charge is 0.258 e. The lowest BCUT2D eigenvalue weighted by molar-refractivity contribution is 0.266. The van der Waals surface area contributed by atoms with Crippen molar-refractivity contribution in [3.05, 3.63) is 10.4 Å². The van der Waals surface area contributed by atoms with Crippen LogP contribution in [-0.2, 0) is 0 Å². The summed E-state index contributed by atoms with van der Waals surface area (Å²) in [6, 6.07) is 0. The van der Waals surface area contributed by atoms with Gasteiger partial charge >= 0.3 is 0 Å². The number of nitrogens with zero attached hydrogens (tertiary/aromatic N) is 3. The third kappa shape index (κ3) is 2.72. The third-order valence-corrected chi connectivity index (χ3v) is 1.51. The molecule has 0 aliphatic carbocycles. The van der Waals surface area contributed by atoms with Gasteiger partial charge in [0, 0.05) is 0 Å². The normalized spacial score (nSPS) is 11.8. The molecule has 0 radical (unpaired) electrons. The van der Waals surface area contributed by atoms with Crippen molar-refractivity contribution in [2.24, 2.45) is 0 Å². The lowest BCUT2D eigenvalue weighted by Gasteiger charge is -2.07. The topological polar surface area (TPSA) is 47.9 Å². The number of terminal acetylenes is 1. The molecule has 0 aliphatic heterocycles. The zero-order valence-corrected chi connectivity index (χ0v) is 8.17. The van der Waals surface area contributed by atoms with Gasteiger partial charge in [-0.3, -0.25) is 0 Å². The zero-order chi connectivity index (χ0) is 9.84. The monoisotopic (exact) mass is 217 g/mol. The van der Waals surface area contributed by atoms with E-state index in [1.165, 1.54) is 0 Å². The number of hydrogen-bond donors (Lipinski definition) is 0. The molecular weight excluding hydrogens is 213 g/mol. The van der Waals surface area contributed by atoms with Gasteiger partial charge in [0.15, 0.2) is 6.10 Å². The van der Waals surface area contributed by atoms with E-state index in [-0.39, 0.29) is 16.3 Å². The highest BCUT2D eigenvalue weighted by Crippen LogP contribution is 2.19. The molecule has 1 aromatic rings. The Morgan fingerprint density at radius 2 is 2.15 bits per heavy atom. The molecule has 0 N–H and O–H groups in total. The molecule has 1 rings (SSSR count). The molecule has 1 atom stereocenters. The fourth-order valence-corrected chi connectivity index (χ4v) is 0.796. The molecule has 6 heteroatoms. The van der Waals surface area contributed by atoms with E-state index in [1.807, 2.05) is 0 Å². The van der Waals surface area contributed by atoms with Crippen molar-refractivity contribution in [3.8, 4) is 18.2 Å². The van der Waals surface area contributed by atoms with Gasteiger partial charge in [0.05, 0.1) is 0 Å². The third-order valence-electron chi connectivity index (χ3n) is 1.11. The average molecular weight is 218 g/mol. The highest BCUT2D eigenvalue weighted by atomic mass is 35.5. The lowest BCUT2D eigenvalue weighted by atomic mass is 10.4. The predicted octanol–water partition coefficient (Wildman–Crippen LogP) is 1.58. The van der Waals surface area contributed by atoms with Crippen LogP contribution in [0.3, 0.4) is 0 Å². The molecule has 0 aliphatic rings. The highest BCUT2D eigenvalue weighted by molar-refractivity contribution is 6.31. The van der Waals surface area contributed by atoms with E-state index in [0.29, 0.717) is 0 Å². The fourth-order valence-electron chi connectivity index (χ4n) is 0.557. The summed E-state index contributed by atoms with van der Waals surface area (Å²) in [5, 5.41) is 6.90. The van der Waals surface area contributed by atoms with Crippen molar-refractivity contribution >= 4 is 23.2 Å². The molecule has 68 valence electrons. The van der Waals surface area contributed by atoms with Gasteiger partial charge in [-0.15, -0.1) is 16.6 Å². The molecule has 0 saturated heterocycles. The van der Waals surface area contributed by atoms with Crippen LogP contribution in [0.4, 0.5) is 0 Å². The van der Waals surface area contributed by atoms with Crippen LogP contribution in [-0.4, -0.2) is 21.3 Å². The first-order valence-corrected chi connectivity index (χ1v) is 4.07. The molecule has 0 spiro atoms. The first kappa shape index (κ1) is 10.0. The Balaban J connectivity index is 2.88. The summed E-state index contributed by atoms with van der Waals surface area (Å²) in [6.07, 6.45) is 4.65. The van der Waals surface area contributed by atoms with Crippen LogP contribution in [0.5, 0.6) is 5.88 Å². The maximum Gasteiger partial charge on any atom is 0.258 e. The van der Waals surface area contributed by atoms with Gasteiger partial charge in [-0.05, 0) is 18.5 Å². The molecule has 1 aromatic heterocycles. The summed E-state index contributed by atoms with van der Waals surface area (Å²) < 4.78 is 5.11. The number of halogens is 2. The van der Waals surface area contributed by atoms with Crippen molar-refractivity contribution in [1.82, 2.24) is 15.2 Å². The second kappa shape index (κ2) is 4.26. The van der Waals surface area contributed by atoms with Crippen molar-refractivity contribution < 1.29 is 4.74 Å². The van der Waals surface area contributed by atoms with Gasteiger partial charge in [-0.1, -0.05) is 17.5 Å². The predicted molar refractivity (Wildman–Crippen MR) is 48.8 cm³/mol. The maximum atomic E-state index is 5.61. The van der Waals surface area contributed by atoms with E-state index in [4.69, 9.17) is 34.4 Å². The summed E-state index contributed by atoms with van der Waals surface area (Å²) in [4.78, 5) is 3.70. The van der Waals surface area contributed by atoms with Crippen LogP contribution >= 0.6 is 23.2 Å². The van der Waals surface area contributed by atoms with E-state index in [0.717, 1.165) is 0 Å². The molecular formula is C7H5Cl2N3O. The molecule has 0 amide bonds. The number of ether oxygens (including phenoxy) is 1. The van der Waals surface area contributed by atoms with Crippen LogP contribution < -0.4 is 4.74 Å². The summed E-state index contributed by atoms with van der Waals surface area (Å²) in [5.41, 5.74) is 0. The second-order valence-electron chi connectivity index (χ2n) is 2.10. The van der Waals surface area contributed by atoms with Crippen LogP contribution in [0.1, 0.15) is 6.92 Å². The molecule has 0 saturated carbocycles. The Hall–Kier alpha value is -1.05. The van der Waals surface area contributed by atoms with Gasteiger partial charge in [0.25, 0.3) is 5.88 Å².